The molecule has 8 heterocycles. The zero-order valence-corrected chi connectivity index (χ0v) is 56.9. The van der Waals surface area contributed by atoms with Gasteiger partial charge in [-0.1, -0.05) is 115 Å². The van der Waals surface area contributed by atoms with Crippen LogP contribution in [0.4, 0.5) is 11.6 Å². The molecule has 0 bridgehead atoms. The van der Waals surface area contributed by atoms with Crippen molar-refractivity contribution in [2.75, 3.05) is 24.7 Å². The van der Waals surface area contributed by atoms with Crippen LogP contribution in [0.2, 0.25) is 0 Å². The molecule has 4 aromatic heterocycles. The predicted octanol–water partition coefficient (Wildman–Crippen LogP) is 3.68. The average Bonchev–Trinajstić information content (AvgIpc) is 1.62. The Kier molecular flexibility index (Phi) is 40.4. The Morgan fingerprint density at radius 2 is 0.818 bits per heavy atom. The number of nitrogens with zero attached hydrogens (tertiary/aromatic N) is 18. The molecule has 0 radical (unpaired) electrons. The molecular formula is C62H88Cl2N22O24. The van der Waals surface area contributed by atoms with Gasteiger partial charge in [0.2, 0.25) is 11.4 Å². The SMILES string of the molecule is C.C.C.C.C.CC(=O)OC(C)=O.CC[C@@]1(N=[N+]=[N-])OC(n2ccc(=O)[nH]c2=O)C(OC(=O)c2ccccc2)[C@@H]1C.CC[C@@]1(N=[N+]=[N-])OC(n2ccc(=O)[nH]c2=O)C(OC(=O)c2ccccc2)[C@@H]1O.Cl.Cl.[N-]=[N+]=N[C@]1(CO)OC(n2ccc(N)nc2=O)[C@H](O)[C@@H]1O.[N-]=[N+]=N[C@]1(CO)OC(n2ccc(N)nc2=O)[C@H](O)[C@@H]1O. The van der Waals surface area contributed by atoms with Gasteiger partial charge in [0.1, 0.15) is 42.2 Å². The summed E-state index contributed by atoms with van der Waals surface area (Å²) in [6, 6.07) is 21.2. The van der Waals surface area contributed by atoms with Gasteiger partial charge in [0.25, 0.3) is 11.1 Å². The summed E-state index contributed by atoms with van der Waals surface area (Å²) in [6.45, 7) is 5.71. The predicted molar refractivity (Wildman–Crippen MR) is 392 cm³/mol. The lowest BCUT2D eigenvalue weighted by Crippen LogP contribution is -2.44. The van der Waals surface area contributed by atoms with Crippen LogP contribution in [0.15, 0.2) is 159 Å². The standard InChI is InChI=1S/C18H19N5O5.C17H17N5O6.2C9H12N6O5.C4H6O3.5CH4.2ClH/c1-3-18(21-22-19)11(2)14(27-16(25)12-7-5-4-6-8-12)15(28-18)23-10-9-13(24)20-17(23)26;1-2-17(20-21-18)13(24)12(27-15(25)10-6-4-3-5-7-10)14(28-17)22-9-8-11(23)19-16(22)26;2*10-4-1-2-15(8(19)12-4)7-5(17)6(18)9(3-16,20-7)13-14-11;1-3(5)7-4(2)6;;;;;;;/h4-11,14-15H,3H2,1-2H3,(H,20,24,26);3-9,12-14,24H,2H2,1H3,(H,19,23,26);2*1-2,5-7,16-18H,3H2,(H2,10,12,19);1-2H3;5*1H4;2*1H/t11-,14?,15?,18+;12?,13-,14?,17+;2*5-,6+,7?,9-;;;;;;;;/m0011......../s1. The molecule has 4 aliphatic heterocycles. The number of nitrogen functional groups attached to an aromatic ring is 2. The van der Waals surface area contributed by atoms with Crippen molar-refractivity contribution >= 4 is 60.3 Å². The zero-order chi connectivity index (χ0) is 76.3. The number of aliphatic hydroxyl groups is 7. The lowest BCUT2D eigenvalue weighted by Gasteiger charge is -2.26. The van der Waals surface area contributed by atoms with Crippen molar-refractivity contribution in [1.82, 2.24) is 38.2 Å². The van der Waals surface area contributed by atoms with Crippen molar-refractivity contribution in [2.24, 2.45) is 26.4 Å². The van der Waals surface area contributed by atoms with E-state index in [-0.39, 0.29) is 85.6 Å². The normalized spacial score (nSPS) is 25.9. The number of aliphatic hydroxyl groups excluding tert-OH is 7. The number of azide groups is 4. The summed E-state index contributed by atoms with van der Waals surface area (Å²) in [6.07, 6.45) is -10.5. The third-order valence-electron chi connectivity index (χ3n) is 15.6. The lowest BCUT2D eigenvalue weighted by molar-refractivity contribution is -0.156. The van der Waals surface area contributed by atoms with E-state index in [9.17, 15) is 83.7 Å². The Morgan fingerprint density at radius 3 is 1.14 bits per heavy atom. The van der Waals surface area contributed by atoms with E-state index in [1.807, 2.05) is 0 Å². The molecule has 0 amide bonds. The van der Waals surface area contributed by atoms with E-state index in [4.69, 9.17) is 62.0 Å². The van der Waals surface area contributed by atoms with Gasteiger partial charge in [-0.2, -0.15) is 9.97 Å². The van der Waals surface area contributed by atoms with Crippen LogP contribution in [0, 0.1) is 5.92 Å². The molecule has 13 N–H and O–H groups in total. The molecule has 2 aromatic carbocycles. The van der Waals surface area contributed by atoms with Gasteiger partial charge in [-0.15, -0.1) is 24.8 Å². The van der Waals surface area contributed by atoms with Gasteiger partial charge in [0.05, 0.1) is 24.3 Å². The summed E-state index contributed by atoms with van der Waals surface area (Å²) in [5, 5.41) is 82.4. The highest BCUT2D eigenvalue weighted by Crippen LogP contribution is 2.47. The molecule has 4 saturated heterocycles. The van der Waals surface area contributed by atoms with Gasteiger partial charge in [-0.3, -0.25) is 47.4 Å². The number of rotatable bonds is 16. The number of H-pyrrole nitrogens is 2. The number of hydrogen-bond acceptors (Lipinski definition) is 32. The van der Waals surface area contributed by atoms with Gasteiger partial charge >= 0.3 is 46.6 Å². The number of carbonyl (C=O) groups is 4. The Balaban J connectivity index is 0. The summed E-state index contributed by atoms with van der Waals surface area (Å²) in [4.78, 5) is 137. The number of benzene rings is 2. The number of aromatic nitrogens is 8. The highest BCUT2D eigenvalue weighted by molar-refractivity contribution is 5.90. The molecule has 604 valence electrons. The molecule has 0 aliphatic carbocycles. The Morgan fingerprint density at radius 1 is 0.500 bits per heavy atom. The van der Waals surface area contributed by atoms with Gasteiger partial charge in [0.15, 0.2) is 48.6 Å². The molecule has 16 atom stereocenters. The number of carbonyl (C=O) groups excluding carboxylic acids is 4. The van der Waals surface area contributed by atoms with Crippen LogP contribution in [-0.2, 0) is 42.7 Å². The maximum atomic E-state index is 12.6. The summed E-state index contributed by atoms with van der Waals surface area (Å²) in [5.41, 5.74) is 34.4. The third-order valence-corrected chi connectivity index (χ3v) is 15.6. The molecule has 6 aromatic rings. The second-order valence-corrected chi connectivity index (χ2v) is 22.0. The third kappa shape index (κ3) is 22.9. The van der Waals surface area contributed by atoms with E-state index >= 15 is 0 Å². The van der Waals surface area contributed by atoms with Crippen molar-refractivity contribution in [2.45, 2.75) is 175 Å². The van der Waals surface area contributed by atoms with E-state index in [2.05, 4.69) is 64.8 Å². The highest BCUT2D eigenvalue weighted by Gasteiger charge is 2.59. The molecule has 6 unspecified atom stereocenters. The summed E-state index contributed by atoms with van der Waals surface area (Å²) < 4.78 is 40.9. The maximum Gasteiger partial charge on any atom is 0.351 e. The van der Waals surface area contributed by atoms with Crippen molar-refractivity contribution in [3.05, 3.63) is 225 Å². The van der Waals surface area contributed by atoms with E-state index in [0.29, 0.717) is 12.0 Å². The van der Waals surface area contributed by atoms with Crippen LogP contribution < -0.4 is 45.3 Å². The quantitative estimate of drug-likeness (QED) is 0.0164. The molecule has 110 heavy (non-hydrogen) atoms. The second kappa shape index (κ2) is 44.2. The Labute approximate surface area is 635 Å². The van der Waals surface area contributed by atoms with E-state index < -0.39 is 167 Å². The number of nitrogens with two attached hydrogens (primary N) is 2. The molecular weight excluding hydrogens is 1510 g/mol. The number of halogens is 2. The van der Waals surface area contributed by atoms with Crippen LogP contribution in [0.5, 0.6) is 0 Å². The van der Waals surface area contributed by atoms with Crippen LogP contribution in [0.3, 0.4) is 0 Å². The molecule has 48 heteroatoms. The van der Waals surface area contributed by atoms with Gasteiger partial charge in [-0.25, -0.2) is 28.8 Å². The van der Waals surface area contributed by atoms with E-state index in [1.165, 1.54) is 56.7 Å². The first-order valence-corrected chi connectivity index (χ1v) is 30.0. The summed E-state index contributed by atoms with van der Waals surface area (Å²) >= 11 is 0. The van der Waals surface area contributed by atoms with E-state index in [0.717, 1.165) is 36.6 Å². The topological polar surface area (TPSA) is 701 Å². The van der Waals surface area contributed by atoms with Gasteiger partial charge in [0, 0.05) is 76.3 Å². The molecule has 10 rings (SSSR count). The smallest absolute Gasteiger partial charge is 0.351 e. The maximum absolute atomic E-state index is 12.6. The minimum atomic E-state index is -2.07. The fraction of sp³-hybridized carbons (Fsp3) is 0.484. The summed E-state index contributed by atoms with van der Waals surface area (Å²) in [5.74, 6) is -3.09. The summed E-state index contributed by atoms with van der Waals surface area (Å²) in [7, 11) is 0. The second-order valence-electron chi connectivity index (χ2n) is 22.0. The fourth-order valence-electron chi connectivity index (χ4n) is 10.4. The average molecular weight is 1600 g/mol. The first-order valence-electron chi connectivity index (χ1n) is 30.0. The van der Waals surface area contributed by atoms with Crippen LogP contribution in [0.1, 0.15) is 130 Å². The number of esters is 4. The monoisotopic (exact) mass is 1590 g/mol. The molecule has 4 fully saturated rings. The number of aromatic amines is 2. The molecule has 4 aliphatic rings. The van der Waals surface area contributed by atoms with E-state index in [1.54, 1.807) is 69.3 Å². The van der Waals surface area contributed by atoms with Crippen LogP contribution in [0.25, 0.3) is 41.8 Å². The van der Waals surface area contributed by atoms with Crippen molar-refractivity contribution in [3.63, 3.8) is 0 Å². The Bertz CT molecular complexity index is 4350. The van der Waals surface area contributed by atoms with Crippen molar-refractivity contribution in [3.8, 4) is 0 Å². The molecule has 0 saturated carbocycles. The lowest BCUT2D eigenvalue weighted by atomic mass is 9.92. The van der Waals surface area contributed by atoms with Crippen molar-refractivity contribution < 1.29 is 88.1 Å². The highest BCUT2D eigenvalue weighted by atomic mass is 35.5. The number of ether oxygens (including phenoxy) is 7. The van der Waals surface area contributed by atoms with Crippen molar-refractivity contribution in [1.29, 1.82) is 0 Å². The van der Waals surface area contributed by atoms with Gasteiger partial charge in [-0.05, 0) is 71.4 Å². The number of hydrogen-bond donors (Lipinski definition) is 11. The molecule has 0 spiro atoms. The van der Waals surface area contributed by atoms with Crippen LogP contribution >= 0.6 is 24.8 Å². The largest absolute Gasteiger partial charge is 0.454 e. The molecule has 46 nitrogen and oxygen atoms in total. The van der Waals surface area contributed by atoms with Crippen LogP contribution in [-0.4, -0.2) is 177 Å². The number of nitrogens with one attached hydrogen (secondary N) is 2. The Hall–Kier alpha value is -11.4. The fourth-order valence-corrected chi connectivity index (χ4v) is 10.4. The minimum Gasteiger partial charge on any atom is -0.454 e. The number of anilines is 2. The van der Waals surface area contributed by atoms with Gasteiger partial charge < -0.3 is 80.4 Å². The zero-order valence-electron chi connectivity index (χ0n) is 55.2. The first kappa shape index (κ1) is 101. The first-order chi connectivity index (χ1) is 48.8. The minimum absolute atomic E-state index is 0.